The monoisotopic (exact) mass is 228 g/mol. The van der Waals surface area contributed by atoms with E-state index in [1.54, 1.807) is 0 Å². The van der Waals surface area contributed by atoms with Gasteiger partial charge in [0, 0.05) is 25.2 Å². The van der Waals surface area contributed by atoms with E-state index in [4.69, 9.17) is 14.9 Å². The first kappa shape index (κ1) is 15.3. The lowest BCUT2D eigenvalue weighted by Gasteiger charge is -2.16. The highest BCUT2D eigenvalue weighted by atomic mass is 16.5. The highest BCUT2D eigenvalue weighted by Crippen LogP contribution is 2.21. The van der Waals surface area contributed by atoms with E-state index in [0.717, 1.165) is 45.3 Å². The number of aliphatic hydroxyl groups excluding tert-OH is 2. The fraction of sp³-hybridized carbons (Fsp3) is 0.846. The summed E-state index contributed by atoms with van der Waals surface area (Å²) < 4.78 is 5.41. The Morgan fingerprint density at radius 2 is 1.69 bits per heavy atom. The smallest absolute Gasteiger partial charge is 0.108 e. The van der Waals surface area contributed by atoms with Gasteiger partial charge in [0.2, 0.25) is 0 Å². The number of aliphatic hydroxyl groups is 2. The molecule has 0 atom stereocenters. The lowest BCUT2D eigenvalue weighted by molar-refractivity contribution is 0.120. The zero-order valence-corrected chi connectivity index (χ0v) is 10.5. The van der Waals surface area contributed by atoms with E-state index >= 15 is 0 Å². The first-order valence-electron chi connectivity index (χ1n) is 5.97. The van der Waals surface area contributed by atoms with Crippen molar-refractivity contribution in [1.29, 1.82) is 0 Å². The van der Waals surface area contributed by atoms with Crippen LogP contribution in [0.5, 0.6) is 0 Å². The number of unbranched alkanes of at least 4 members (excludes halogenated alkanes) is 2. The molecule has 16 heavy (non-hydrogen) atoms. The van der Waals surface area contributed by atoms with Crippen LogP contribution in [0.1, 0.15) is 46.0 Å². The summed E-state index contributed by atoms with van der Waals surface area (Å²) in [5.41, 5.74) is -0.106. The van der Waals surface area contributed by atoms with E-state index in [-0.39, 0.29) is 12.0 Å². The predicted octanol–water partition coefficient (Wildman–Crippen LogP) is 2.31. The largest absolute Gasteiger partial charge is 0.462 e. The highest BCUT2D eigenvalue weighted by Gasteiger charge is 2.13. The quantitative estimate of drug-likeness (QED) is 0.470. The van der Waals surface area contributed by atoms with Crippen LogP contribution in [0.15, 0.2) is 0 Å². The molecule has 0 amide bonds. The Kier molecular flexibility index (Phi) is 9.07. The predicted molar refractivity (Wildman–Crippen MR) is 64.5 cm³/mol. The van der Waals surface area contributed by atoms with Crippen LogP contribution in [0, 0.1) is 17.4 Å². The van der Waals surface area contributed by atoms with E-state index in [0.29, 0.717) is 0 Å². The topological polar surface area (TPSA) is 49.7 Å². The van der Waals surface area contributed by atoms with Gasteiger partial charge < -0.3 is 14.9 Å². The van der Waals surface area contributed by atoms with Crippen LogP contribution in [0.2, 0.25) is 0 Å². The molecule has 3 heteroatoms. The SMILES string of the molecule is CC(C)(C#CO)CCCCOCCCCO. The number of hydrogen-bond acceptors (Lipinski definition) is 3. The molecule has 0 aromatic heterocycles. The van der Waals surface area contributed by atoms with Crippen molar-refractivity contribution in [1.82, 2.24) is 0 Å². The molecule has 0 aromatic rings. The van der Waals surface area contributed by atoms with E-state index in [9.17, 15) is 0 Å². The Morgan fingerprint density at radius 1 is 1.06 bits per heavy atom. The van der Waals surface area contributed by atoms with Crippen LogP contribution >= 0.6 is 0 Å². The maximum absolute atomic E-state index is 8.56. The lowest BCUT2D eigenvalue weighted by atomic mass is 9.88. The van der Waals surface area contributed by atoms with E-state index < -0.39 is 0 Å². The lowest BCUT2D eigenvalue weighted by Crippen LogP contribution is -2.08. The van der Waals surface area contributed by atoms with Gasteiger partial charge in [-0.15, -0.1) is 0 Å². The standard InChI is InChI=1S/C13H24O3/c1-13(2,8-10-15)7-3-5-11-16-12-6-4-9-14/h14-15H,3-7,9,11-12H2,1-2H3. The number of hydrogen-bond donors (Lipinski definition) is 2. The maximum Gasteiger partial charge on any atom is 0.108 e. The van der Waals surface area contributed by atoms with E-state index in [1.165, 1.54) is 0 Å². The molecule has 0 aliphatic heterocycles. The van der Waals surface area contributed by atoms with Crippen molar-refractivity contribution in [3.8, 4) is 12.0 Å². The van der Waals surface area contributed by atoms with Crippen LogP contribution in [0.25, 0.3) is 0 Å². The molecule has 0 saturated heterocycles. The zero-order valence-electron chi connectivity index (χ0n) is 10.5. The van der Waals surface area contributed by atoms with Gasteiger partial charge in [-0.05, 0) is 46.0 Å². The van der Waals surface area contributed by atoms with Gasteiger partial charge in [0.25, 0.3) is 0 Å². The second-order valence-corrected chi connectivity index (χ2v) is 4.62. The molecule has 0 heterocycles. The van der Waals surface area contributed by atoms with Crippen LogP contribution in [0.3, 0.4) is 0 Å². The first-order valence-corrected chi connectivity index (χ1v) is 5.97. The van der Waals surface area contributed by atoms with Gasteiger partial charge in [-0.25, -0.2) is 0 Å². The minimum atomic E-state index is -0.106. The van der Waals surface area contributed by atoms with Crippen molar-refractivity contribution < 1.29 is 14.9 Å². The first-order chi connectivity index (χ1) is 7.62. The molecular weight excluding hydrogens is 204 g/mol. The van der Waals surface area contributed by atoms with Gasteiger partial charge >= 0.3 is 0 Å². The molecule has 2 N–H and O–H groups in total. The molecule has 94 valence electrons. The molecule has 0 spiro atoms. The van der Waals surface area contributed by atoms with Gasteiger partial charge in [0.05, 0.1) is 0 Å². The van der Waals surface area contributed by atoms with Crippen molar-refractivity contribution >= 4 is 0 Å². The summed E-state index contributed by atoms with van der Waals surface area (Å²) in [7, 11) is 0. The average Bonchev–Trinajstić information content (AvgIpc) is 2.22. The number of ether oxygens (including phenoxy) is 1. The molecular formula is C13H24O3. The molecule has 0 unspecified atom stereocenters. The van der Waals surface area contributed by atoms with Crippen molar-refractivity contribution in [2.75, 3.05) is 19.8 Å². The van der Waals surface area contributed by atoms with Gasteiger partial charge in [-0.1, -0.05) is 5.92 Å². The molecule has 0 aromatic carbocycles. The third kappa shape index (κ3) is 9.82. The van der Waals surface area contributed by atoms with E-state index in [2.05, 4.69) is 5.92 Å². The molecule has 0 fully saturated rings. The Balaban J connectivity index is 3.29. The van der Waals surface area contributed by atoms with Crippen LogP contribution in [-0.2, 0) is 4.74 Å². The molecule has 0 aliphatic rings. The molecule has 0 radical (unpaired) electrons. The summed E-state index contributed by atoms with van der Waals surface area (Å²) in [6.45, 7) is 5.81. The summed E-state index contributed by atoms with van der Waals surface area (Å²) in [5.74, 6) is 2.78. The van der Waals surface area contributed by atoms with Crippen molar-refractivity contribution in [2.45, 2.75) is 46.0 Å². The molecule has 0 rings (SSSR count). The van der Waals surface area contributed by atoms with Crippen molar-refractivity contribution in [3.05, 3.63) is 0 Å². The summed E-state index contributed by atoms with van der Waals surface area (Å²) in [6, 6.07) is 0. The Morgan fingerprint density at radius 3 is 2.25 bits per heavy atom. The second kappa shape index (κ2) is 9.50. The average molecular weight is 228 g/mol. The fourth-order valence-electron chi connectivity index (χ4n) is 1.40. The fourth-order valence-corrected chi connectivity index (χ4v) is 1.40. The minimum absolute atomic E-state index is 0.106. The normalized spacial score (nSPS) is 10.9. The number of rotatable bonds is 9. The Hall–Kier alpha value is -0.720. The van der Waals surface area contributed by atoms with Gasteiger partial charge in [-0.2, -0.15) is 0 Å². The highest BCUT2D eigenvalue weighted by molar-refractivity contribution is 5.03. The molecule has 0 bridgehead atoms. The van der Waals surface area contributed by atoms with Gasteiger partial charge in [0.1, 0.15) is 6.11 Å². The van der Waals surface area contributed by atoms with E-state index in [1.807, 2.05) is 20.0 Å². The minimum Gasteiger partial charge on any atom is -0.462 e. The van der Waals surface area contributed by atoms with Crippen molar-refractivity contribution in [3.63, 3.8) is 0 Å². The summed E-state index contributed by atoms with van der Waals surface area (Å²) in [5, 5.41) is 17.1. The molecule has 3 nitrogen and oxygen atoms in total. The third-order valence-corrected chi connectivity index (χ3v) is 2.43. The van der Waals surface area contributed by atoms with Gasteiger partial charge in [0.15, 0.2) is 0 Å². The second-order valence-electron chi connectivity index (χ2n) is 4.62. The Bertz CT molecular complexity index is 213. The van der Waals surface area contributed by atoms with Crippen LogP contribution in [0.4, 0.5) is 0 Å². The maximum atomic E-state index is 8.56. The summed E-state index contributed by atoms with van der Waals surface area (Å²) in [4.78, 5) is 0. The van der Waals surface area contributed by atoms with Gasteiger partial charge in [-0.3, -0.25) is 0 Å². The summed E-state index contributed by atoms with van der Waals surface area (Å²) in [6.07, 6.45) is 6.78. The zero-order chi connectivity index (χ0) is 12.3. The summed E-state index contributed by atoms with van der Waals surface area (Å²) >= 11 is 0. The Labute approximate surface area is 98.8 Å². The van der Waals surface area contributed by atoms with Crippen LogP contribution in [-0.4, -0.2) is 30.0 Å². The van der Waals surface area contributed by atoms with Crippen LogP contribution < -0.4 is 0 Å². The van der Waals surface area contributed by atoms with Crippen molar-refractivity contribution in [2.24, 2.45) is 5.41 Å². The molecule has 0 saturated carbocycles. The third-order valence-electron chi connectivity index (χ3n) is 2.43. The molecule has 0 aliphatic carbocycles.